The number of carbonyl (C=O) groups is 2. The average molecular weight is 407 g/mol. The van der Waals surface area contributed by atoms with Gasteiger partial charge in [0, 0.05) is 24.6 Å². The molecule has 2 heterocycles. The Hall–Kier alpha value is -1.97. The second-order valence-electron chi connectivity index (χ2n) is 6.20. The van der Waals surface area contributed by atoms with E-state index in [-0.39, 0.29) is 17.9 Å². The first-order chi connectivity index (χ1) is 13.1. The summed E-state index contributed by atoms with van der Waals surface area (Å²) in [4.78, 5) is 24.1. The molecule has 9 heteroatoms. The second kappa shape index (κ2) is 9.82. The number of benzene rings is 1. The maximum atomic E-state index is 12.3. The van der Waals surface area contributed by atoms with Gasteiger partial charge in [-0.05, 0) is 31.4 Å². The number of amides is 2. The van der Waals surface area contributed by atoms with Gasteiger partial charge in [0.05, 0.1) is 11.9 Å². The minimum atomic E-state index is -0.271. The number of ether oxygens (including phenoxy) is 1. The van der Waals surface area contributed by atoms with Gasteiger partial charge in [-0.1, -0.05) is 29.5 Å². The van der Waals surface area contributed by atoms with Crippen LogP contribution in [0.1, 0.15) is 33.2 Å². The molecule has 1 atom stereocenters. The summed E-state index contributed by atoms with van der Waals surface area (Å²) in [5, 5.41) is 14.8. The Bertz CT molecular complexity index is 790. The summed E-state index contributed by atoms with van der Waals surface area (Å²) >= 11 is 2.70. The van der Waals surface area contributed by atoms with Crippen LogP contribution >= 0.6 is 23.1 Å². The van der Waals surface area contributed by atoms with Crippen molar-refractivity contribution < 1.29 is 14.3 Å². The van der Waals surface area contributed by atoms with Crippen LogP contribution in [0.5, 0.6) is 0 Å². The lowest BCUT2D eigenvalue weighted by molar-refractivity contribution is -0.119. The number of rotatable bonds is 8. The summed E-state index contributed by atoms with van der Waals surface area (Å²) in [6.07, 6.45) is 2.22. The Morgan fingerprint density at radius 1 is 1.33 bits per heavy atom. The highest BCUT2D eigenvalue weighted by molar-refractivity contribution is 7.99. The molecule has 0 radical (unpaired) electrons. The van der Waals surface area contributed by atoms with E-state index < -0.39 is 0 Å². The lowest BCUT2D eigenvalue weighted by Crippen LogP contribution is -2.32. The maximum Gasteiger partial charge on any atom is 0.286 e. The number of anilines is 1. The van der Waals surface area contributed by atoms with Crippen molar-refractivity contribution in [2.75, 3.05) is 24.2 Å². The second-order valence-corrected chi connectivity index (χ2v) is 8.25. The molecule has 2 N–H and O–H groups in total. The summed E-state index contributed by atoms with van der Waals surface area (Å²) in [7, 11) is 0. The first-order valence-electron chi connectivity index (χ1n) is 8.77. The highest BCUT2D eigenvalue weighted by Gasteiger charge is 2.17. The van der Waals surface area contributed by atoms with Crippen LogP contribution in [0, 0.1) is 6.92 Å². The van der Waals surface area contributed by atoms with E-state index in [2.05, 4.69) is 20.8 Å². The van der Waals surface area contributed by atoms with E-state index in [1.54, 1.807) is 0 Å². The molecule has 0 saturated carbocycles. The Morgan fingerprint density at radius 3 is 2.96 bits per heavy atom. The van der Waals surface area contributed by atoms with E-state index in [4.69, 9.17) is 4.74 Å². The minimum absolute atomic E-state index is 0.0162. The molecule has 0 spiro atoms. The van der Waals surface area contributed by atoms with Crippen molar-refractivity contribution in [3.8, 4) is 0 Å². The standard InChI is InChI=1S/C18H22N4O3S2/c1-12-5-2-3-7-14(12)20-17(24)18-22-21-16(27-18)11-26-10-15(23)19-9-13-6-4-8-25-13/h2-3,5,7,13H,4,6,8-11H2,1H3,(H,19,23)(H,20,24). The van der Waals surface area contributed by atoms with Crippen LogP contribution in [0.15, 0.2) is 24.3 Å². The highest BCUT2D eigenvalue weighted by Crippen LogP contribution is 2.19. The van der Waals surface area contributed by atoms with Crippen molar-refractivity contribution in [1.29, 1.82) is 0 Å². The highest BCUT2D eigenvalue weighted by atomic mass is 32.2. The molecule has 1 fully saturated rings. The van der Waals surface area contributed by atoms with E-state index in [0.29, 0.717) is 23.1 Å². The molecular weight excluding hydrogens is 384 g/mol. The number of hydrogen-bond acceptors (Lipinski definition) is 7. The predicted octanol–water partition coefficient (Wildman–Crippen LogP) is 2.63. The fourth-order valence-corrected chi connectivity index (χ4v) is 4.25. The smallest absolute Gasteiger partial charge is 0.286 e. The van der Waals surface area contributed by atoms with Crippen molar-refractivity contribution in [2.45, 2.75) is 31.6 Å². The lowest BCUT2D eigenvalue weighted by Gasteiger charge is -2.10. The fraction of sp³-hybridized carbons (Fsp3) is 0.444. The van der Waals surface area contributed by atoms with Crippen LogP contribution in [0.2, 0.25) is 0 Å². The summed E-state index contributed by atoms with van der Waals surface area (Å²) < 4.78 is 5.48. The van der Waals surface area contributed by atoms with Crippen LogP contribution in [0.25, 0.3) is 0 Å². The van der Waals surface area contributed by atoms with Gasteiger partial charge in [-0.3, -0.25) is 9.59 Å². The van der Waals surface area contributed by atoms with Gasteiger partial charge in [0.15, 0.2) is 0 Å². The van der Waals surface area contributed by atoms with Gasteiger partial charge in [0.25, 0.3) is 5.91 Å². The quantitative estimate of drug-likeness (QED) is 0.700. The molecule has 2 amide bonds. The third-order valence-electron chi connectivity index (χ3n) is 4.06. The molecule has 0 bridgehead atoms. The van der Waals surface area contributed by atoms with Gasteiger partial charge < -0.3 is 15.4 Å². The molecule has 3 rings (SSSR count). The summed E-state index contributed by atoms with van der Waals surface area (Å²) in [5.74, 6) is 0.601. The molecule has 1 saturated heterocycles. The van der Waals surface area contributed by atoms with Gasteiger partial charge in [-0.15, -0.1) is 22.0 Å². The van der Waals surface area contributed by atoms with E-state index >= 15 is 0 Å². The van der Waals surface area contributed by atoms with Crippen molar-refractivity contribution >= 4 is 40.6 Å². The van der Waals surface area contributed by atoms with Crippen LogP contribution in [-0.2, 0) is 15.3 Å². The van der Waals surface area contributed by atoms with Crippen molar-refractivity contribution in [3.63, 3.8) is 0 Å². The topological polar surface area (TPSA) is 93.2 Å². The van der Waals surface area contributed by atoms with E-state index in [1.165, 1.54) is 23.1 Å². The molecule has 1 unspecified atom stereocenters. The van der Waals surface area contributed by atoms with Crippen LogP contribution < -0.4 is 10.6 Å². The van der Waals surface area contributed by atoms with Gasteiger partial charge in [0.2, 0.25) is 10.9 Å². The molecule has 7 nitrogen and oxygen atoms in total. The number of aryl methyl sites for hydroxylation is 1. The van der Waals surface area contributed by atoms with Crippen LogP contribution in [-0.4, -0.2) is 47.0 Å². The van der Waals surface area contributed by atoms with Gasteiger partial charge in [-0.25, -0.2) is 0 Å². The van der Waals surface area contributed by atoms with E-state index in [9.17, 15) is 9.59 Å². The zero-order valence-electron chi connectivity index (χ0n) is 15.1. The molecule has 27 heavy (non-hydrogen) atoms. The molecule has 0 aliphatic carbocycles. The number of nitrogens with one attached hydrogen (secondary N) is 2. The van der Waals surface area contributed by atoms with Gasteiger partial charge in [-0.2, -0.15) is 0 Å². The molecule has 1 aromatic carbocycles. The number of nitrogens with zero attached hydrogens (tertiary/aromatic N) is 2. The van der Waals surface area contributed by atoms with E-state index in [1.807, 2.05) is 31.2 Å². The Balaban J connectivity index is 1.40. The van der Waals surface area contributed by atoms with Crippen LogP contribution in [0.4, 0.5) is 5.69 Å². The van der Waals surface area contributed by atoms with Crippen molar-refractivity contribution in [2.24, 2.45) is 0 Å². The third-order valence-corrected chi connectivity index (χ3v) is 6.11. The molecule has 1 aliphatic rings. The van der Waals surface area contributed by atoms with Crippen molar-refractivity contribution in [3.05, 3.63) is 39.8 Å². The molecular formula is C18H22N4O3S2. The molecule has 144 valence electrons. The first kappa shape index (κ1) is 19.8. The zero-order chi connectivity index (χ0) is 19.1. The number of hydrogen-bond donors (Lipinski definition) is 2. The SMILES string of the molecule is Cc1ccccc1NC(=O)c1nnc(CSCC(=O)NCC2CCCO2)s1. The van der Waals surface area contributed by atoms with Crippen LogP contribution in [0.3, 0.4) is 0 Å². The summed E-state index contributed by atoms with van der Waals surface area (Å²) in [6, 6.07) is 7.57. The number of para-hydroxylation sites is 1. The van der Waals surface area contributed by atoms with Gasteiger partial charge in [0.1, 0.15) is 5.01 Å². The lowest BCUT2D eigenvalue weighted by atomic mass is 10.2. The molecule has 2 aromatic rings. The summed E-state index contributed by atoms with van der Waals surface area (Å²) in [5.41, 5.74) is 1.75. The third kappa shape index (κ3) is 6.02. The Labute approximate surface area is 166 Å². The minimum Gasteiger partial charge on any atom is -0.376 e. The molecule has 1 aliphatic heterocycles. The number of aromatic nitrogens is 2. The molecule has 1 aromatic heterocycles. The normalized spacial score (nSPS) is 16.3. The zero-order valence-corrected chi connectivity index (χ0v) is 16.7. The average Bonchev–Trinajstić information content (AvgIpc) is 3.34. The first-order valence-corrected chi connectivity index (χ1v) is 10.7. The summed E-state index contributed by atoms with van der Waals surface area (Å²) in [6.45, 7) is 3.29. The number of carbonyl (C=O) groups excluding carboxylic acids is 2. The Kier molecular flexibility index (Phi) is 7.19. The Morgan fingerprint density at radius 2 is 2.19 bits per heavy atom. The van der Waals surface area contributed by atoms with Crippen molar-refractivity contribution in [1.82, 2.24) is 15.5 Å². The number of thioether (sulfide) groups is 1. The van der Waals surface area contributed by atoms with E-state index in [0.717, 1.165) is 35.7 Å². The monoisotopic (exact) mass is 406 g/mol. The fourth-order valence-electron chi connectivity index (χ4n) is 2.61. The van der Waals surface area contributed by atoms with Gasteiger partial charge >= 0.3 is 0 Å². The largest absolute Gasteiger partial charge is 0.376 e. The predicted molar refractivity (Wildman–Crippen MR) is 107 cm³/mol. The maximum absolute atomic E-state index is 12.3.